The van der Waals surface area contributed by atoms with Gasteiger partial charge in [0.05, 0.1) is 41.8 Å². The molecule has 0 atom stereocenters. The number of nitrogen functional groups attached to an aromatic ring is 1. The largest absolute Gasteiger partial charge is 1.00 e. The van der Waals surface area contributed by atoms with E-state index in [1.54, 1.807) is 108 Å². The van der Waals surface area contributed by atoms with Gasteiger partial charge < -0.3 is 48.4 Å². The second kappa shape index (κ2) is 40.1. The first-order chi connectivity index (χ1) is 46.2. The summed E-state index contributed by atoms with van der Waals surface area (Å²) >= 11 is 26.2. The van der Waals surface area contributed by atoms with Crippen molar-refractivity contribution in [3.05, 3.63) is 250 Å². The molecule has 0 spiro atoms. The van der Waals surface area contributed by atoms with Gasteiger partial charge in [-0.25, -0.2) is 70.2 Å². The standard InChI is InChI=1S/C15H9ClFN5S.C15H10FN5OS.C12H11N5S.C12H8N4S.C5H6FO2.CH3O.Cl3OP.2Na.H2O/c16-13-10(17)6-19-14(21-13)12-7-22-3-2-18-15(22)11(20-12)5-9-1-4-23-8-9;16-10-6-18-13(20-15(10)22)12-7-21-3-2-17-14(21)11(19-12)5-9-1-4-23-8-9;13-11(14)10-6-17-3-2-15-12(17)9(16-10)5-8-1-4-18-7-8;13-6-10-7-16-3-2-14-12(16)11(15-10)5-9-1-4-17-8-9;1-3-8-5(7)4(2)6;1-2;1-5(2,3)4;;;/h1-4,6-8H,5H2;1-4,6-8H,5H2,(H,18,20,22);1-4,6-7H,5H2,(H3,13,14);1-4,7-8H,5H2;2H,3H2,1H3;1H3;;;;1H2/q;;;;2*-1;;2*+1;/p-1. The number of aromatic nitrogens is 16. The third-order valence-electron chi connectivity index (χ3n) is 12.4. The van der Waals surface area contributed by atoms with Gasteiger partial charge in [-0.15, -0.1) is 0 Å². The zero-order valence-corrected chi connectivity index (χ0v) is 63.3. The van der Waals surface area contributed by atoms with Crippen molar-refractivity contribution in [1.82, 2.24) is 77.4 Å². The molecule has 14 aromatic heterocycles. The molecule has 500 valence electrons. The minimum absolute atomic E-state index is 0. The summed E-state index contributed by atoms with van der Waals surface area (Å²) < 4.78 is 58.9. The Labute approximate surface area is 640 Å². The number of rotatable bonds is 13. The Morgan fingerprint density at radius 1 is 0.667 bits per heavy atom. The van der Waals surface area contributed by atoms with Crippen LogP contribution in [0.5, 0.6) is 0 Å². The summed E-state index contributed by atoms with van der Waals surface area (Å²) in [7, 11) is 0.750. The van der Waals surface area contributed by atoms with Crippen LogP contribution in [0.25, 0.3) is 45.6 Å². The van der Waals surface area contributed by atoms with Gasteiger partial charge in [0.2, 0.25) is 11.8 Å². The molecule has 0 aliphatic rings. The number of carbonyl (C=O) groups is 1. The molecule has 0 radical (unpaired) electrons. The minimum atomic E-state index is -3.22. The number of nitrogens with two attached hydrogens (primary N) is 1. The second-order valence-corrected chi connectivity index (χ2v) is 29.0. The van der Waals surface area contributed by atoms with Crippen molar-refractivity contribution in [2.45, 2.75) is 32.6 Å². The maximum Gasteiger partial charge on any atom is 1.00 e. The van der Waals surface area contributed by atoms with Gasteiger partial charge in [0.1, 0.15) is 29.0 Å². The van der Waals surface area contributed by atoms with E-state index in [1.165, 1.54) is 11.1 Å². The number of hydrogen-bond donors (Lipinski definition) is 3. The molecule has 0 aliphatic heterocycles. The molecule has 0 saturated heterocycles. The number of fused-ring (bicyclic) bond motifs is 4. The van der Waals surface area contributed by atoms with Gasteiger partial charge in [-0.3, -0.25) is 14.8 Å². The Bertz CT molecular complexity index is 5070. The SMILES string of the molecule is C[O-].Fc1cnc(-c2cn3ccnc3c(Cc3ccsc3)n2)nc1Cl.N#Cc1cn2ccnc2c(Cc2ccsc2)n1.N=C(N)c1cn2ccnc2c(Cc2ccsc2)n1.O=P(Cl)(Cl)Cl.O=c1[nH]c(-c2cn3ccnc3c(Cc3ccsc3)n2)ncc1F.[CH-]=C(F)C(=O)OCC.[Na+].[Na+].[OH-]. The van der Waals surface area contributed by atoms with Gasteiger partial charge in [-0.2, -0.15) is 62.1 Å². The van der Waals surface area contributed by atoms with E-state index < -0.39 is 34.2 Å². The number of aromatic amines is 1. The van der Waals surface area contributed by atoms with Crippen molar-refractivity contribution in [1.29, 1.82) is 10.7 Å². The molecular weight excluding hydrogens is 1490 g/mol. The summed E-state index contributed by atoms with van der Waals surface area (Å²) in [6, 6.07) is 10.3. The van der Waals surface area contributed by atoms with Gasteiger partial charge in [0, 0.05) is 106 Å². The summed E-state index contributed by atoms with van der Waals surface area (Å²) in [4.78, 5) is 70.8. The zero-order chi connectivity index (χ0) is 68.9. The van der Waals surface area contributed by atoms with Crippen molar-refractivity contribution in [3.63, 3.8) is 0 Å². The molecule has 0 unspecified atom stereocenters. The molecule has 14 rings (SSSR count). The molecule has 0 bridgehead atoms. The molecule has 0 aromatic carbocycles. The van der Waals surface area contributed by atoms with E-state index in [4.69, 9.17) is 33.1 Å². The Morgan fingerprint density at radius 3 is 1.43 bits per heavy atom. The van der Waals surface area contributed by atoms with Crippen LogP contribution in [0.4, 0.5) is 13.2 Å². The Morgan fingerprint density at radius 2 is 1.06 bits per heavy atom. The van der Waals surface area contributed by atoms with Crippen molar-refractivity contribution in [2.24, 2.45) is 5.73 Å². The van der Waals surface area contributed by atoms with Gasteiger partial charge in [-0.1, -0.05) is 11.6 Å². The van der Waals surface area contributed by atoms with Crippen LogP contribution in [0.2, 0.25) is 5.15 Å². The van der Waals surface area contributed by atoms with E-state index in [9.17, 15) is 27.3 Å². The Balaban J connectivity index is 0.000000222. The monoisotopic (exact) mass is 1530 g/mol. The molecular formula is C60H48Cl4F3N19Na2O6PS4-. The average Bonchev–Trinajstić information content (AvgIpc) is 1.77. The predicted molar refractivity (Wildman–Crippen MR) is 365 cm³/mol. The van der Waals surface area contributed by atoms with E-state index in [0.29, 0.717) is 48.5 Å². The summed E-state index contributed by atoms with van der Waals surface area (Å²) in [6.07, 6.45) is 25.6. The Kier molecular flexibility index (Phi) is 33.3. The molecule has 99 heavy (non-hydrogen) atoms. The number of nitrogens with one attached hydrogen (secondary N) is 2. The van der Waals surface area contributed by atoms with E-state index in [0.717, 1.165) is 76.0 Å². The van der Waals surface area contributed by atoms with E-state index in [-0.39, 0.29) is 93.8 Å². The maximum absolute atomic E-state index is 13.3. The van der Waals surface area contributed by atoms with Gasteiger partial charge in [0.15, 0.2) is 50.9 Å². The van der Waals surface area contributed by atoms with E-state index in [1.807, 2.05) is 75.2 Å². The number of nitrogens with zero attached hydrogens (tertiary/aromatic N) is 16. The molecule has 0 fully saturated rings. The molecule has 0 amide bonds. The van der Waals surface area contributed by atoms with Crippen LogP contribution in [0, 0.1) is 35.0 Å². The smallest absolute Gasteiger partial charge is 0.870 e. The van der Waals surface area contributed by atoms with Gasteiger partial charge in [0.25, 0.3) is 5.56 Å². The van der Waals surface area contributed by atoms with Crippen molar-refractivity contribution >= 4 is 130 Å². The van der Waals surface area contributed by atoms with E-state index >= 15 is 0 Å². The number of nitriles is 1. The van der Waals surface area contributed by atoms with Crippen LogP contribution in [0.15, 0.2) is 165 Å². The number of thiophene rings is 4. The number of amidine groups is 1. The summed E-state index contributed by atoms with van der Waals surface area (Å²) in [5.41, 5.74) is 17.6. The molecule has 14 heterocycles. The average molecular weight is 1540 g/mol. The summed E-state index contributed by atoms with van der Waals surface area (Å²) in [5, 5.41) is 37.6. The fourth-order valence-electron chi connectivity index (χ4n) is 8.39. The summed E-state index contributed by atoms with van der Waals surface area (Å²) in [6.45, 7) is 6.11. The molecule has 39 heteroatoms. The second-order valence-electron chi connectivity index (χ2n) is 18.9. The first-order valence-electron chi connectivity index (χ1n) is 27.3. The van der Waals surface area contributed by atoms with Crippen LogP contribution < -0.4 is 75.5 Å². The summed E-state index contributed by atoms with van der Waals surface area (Å²) in [5.74, 6) is -3.50. The number of ether oxygens (including phenoxy) is 1. The van der Waals surface area contributed by atoms with Crippen molar-refractivity contribution in [3.8, 4) is 29.1 Å². The molecule has 0 saturated carbocycles. The van der Waals surface area contributed by atoms with E-state index in [2.05, 4.69) is 139 Å². The normalized spacial score (nSPS) is 10.3. The minimum Gasteiger partial charge on any atom is -0.870 e. The number of carbonyl (C=O) groups excluding carboxylic acids is 1. The van der Waals surface area contributed by atoms with Crippen LogP contribution >= 0.6 is 95.9 Å². The number of halogens is 7. The van der Waals surface area contributed by atoms with Crippen LogP contribution in [-0.2, 0) is 39.8 Å². The Hall–Kier alpha value is -7.49. The fraction of sp³-hybridized carbons (Fsp3) is 0.117. The molecule has 14 aromatic rings. The first kappa shape index (κ1) is 82.2. The zero-order valence-electron chi connectivity index (χ0n) is 52.1. The van der Waals surface area contributed by atoms with Crippen LogP contribution in [0.1, 0.15) is 63.3 Å². The van der Waals surface area contributed by atoms with Crippen molar-refractivity contribution < 1.29 is 97.0 Å². The third kappa shape index (κ3) is 24.1. The third-order valence-corrected chi connectivity index (χ3v) is 15.6. The first-order valence-corrected chi connectivity index (χ1v) is 35.8. The maximum atomic E-state index is 13.3. The fourth-order valence-corrected chi connectivity index (χ4v) is 11.2. The number of hydrogen-bond acceptors (Lipinski definition) is 23. The topological polar surface area (TPSA) is 362 Å². The predicted octanol–water partition coefficient (Wildman–Crippen LogP) is 6.28. The molecule has 5 N–H and O–H groups in total. The van der Waals surface area contributed by atoms with Crippen LogP contribution in [-0.4, -0.2) is 108 Å². The number of esters is 1. The number of imidazole rings is 4. The van der Waals surface area contributed by atoms with Crippen LogP contribution in [0.3, 0.4) is 0 Å². The van der Waals surface area contributed by atoms with Gasteiger partial charge >= 0.3 is 64.3 Å². The van der Waals surface area contributed by atoms with Gasteiger partial charge in [-0.05, 0) is 130 Å². The quantitative estimate of drug-likeness (QED) is 0.0167. The van der Waals surface area contributed by atoms with Crippen molar-refractivity contribution in [2.75, 3.05) is 13.7 Å². The molecule has 25 nitrogen and oxygen atoms in total. The number of H-pyrrole nitrogens is 1. The molecule has 0 aliphatic carbocycles.